The first kappa shape index (κ1) is 18.2. The minimum Gasteiger partial charge on any atom is -0.464 e. The lowest BCUT2D eigenvalue weighted by Gasteiger charge is -2.20. The van der Waals surface area contributed by atoms with Crippen LogP contribution in [0.5, 0.6) is 0 Å². The van der Waals surface area contributed by atoms with Crippen molar-refractivity contribution in [3.05, 3.63) is 0 Å². The van der Waals surface area contributed by atoms with Crippen molar-refractivity contribution in [2.24, 2.45) is 0 Å². The molecule has 0 aliphatic carbocycles. The highest BCUT2D eigenvalue weighted by atomic mass is 16.6. The Hall–Kier alpha value is -1.83. The van der Waals surface area contributed by atoms with Gasteiger partial charge in [0.15, 0.2) is 0 Å². The molecule has 0 bridgehead atoms. The summed E-state index contributed by atoms with van der Waals surface area (Å²) in [5.41, 5.74) is -0.651. The van der Waals surface area contributed by atoms with Gasteiger partial charge in [-0.3, -0.25) is 9.59 Å². The van der Waals surface area contributed by atoms with Gasteiger partial charge in [0.1, 0.15) is 18.3 Å². The van der Waals surface area contributed by atoms with E-state index in [-0.39, 0.29) is 19.7 Å². The standard InChI is InChI=1S/C12H22N2O6/c1-8(15)19-6-5-13-10(17)9(16)7-14-11(18)20-12(2,3)4/h9,16H,5-7H2,1-4H3,(H,13,17)(H,14,18). The van der Waals surface area contributed by atoms with Gasteiger partial charge in [0.25, 0.3) is 5.91 Å². The number of aliphatic hydroxyl groups excluding tert-OH is 1. The van der Waals surface area contributed by atoms with Crippen LogP contribution in [0.1, 0.15) is 27.7 Å². The Morgan fingerprint density at radius 2 is 1.80 bits per heavy atom. The number of alkyl carbamates (subject to hydrolysis) is 1. The zero-order valence-electron chi connectivity index (χ0n) is 12.2. The number of ether oxygens (including phenoxy) is 2. The van der Waals surface area contributed by atoms with Crippen molar-refractivity contribution in [1.29, 1.82) is 0 Å². The Morgan fingerprint density at radius 1 is 1.20 bits per heavy atom. The summed E-state index contributed by atoms with van der Waals surface area (Å²) in [5.74, 6) is -1.13. The number of carbonyl (C=O) groups excluding carboxylic acids is 3. The first-order chi connectivity index (χ1) is 9.11. The molecule has 8 nitrogen and oxygen atoms in total. The summed E-state index contributed by atoms with van der Waals surface area (Å²) < 4.78 is 9.54. The van der Waals surface area contributed by atoms with Crippen LogP contribution in [0.15, 0.2) is 0 Å². The van der Waals surface area contributed by atoms with Crippen LogP contribution in [0.25, 0.3) is 0 Å². The Kier molecular flexibility index (Phi) is 7.60. The molecule has 0 fully saturated rings. The second-order valence-electron chi connectivity index (χ2n) is 5.03. The molecule has 116 valence electrons. The van der Waals surface area contributed by atoms with E-state index in [1.807, 2.05) is 0 Å². The van der Waals surface area contributed by atoms with E-state index in [1.54, 1.807) is 20.8 Å². The summed E-state index contributed by atoms with van der Waals surface area (Å²) in [6, 6.07) is 0. The van der Waals surface area contributed by atoms with Gasteiger partial charge in [0.05, 0.1) is 13.1 Å². The predicted molar refractivity (Wildman–Crippen MR) is 69.9 cm³/mol. The fourth-order valence-electron chi connectivity index (χ4n) is 1.07. The third-order valence-corrected chi connectivity index (χ3v) is 1.85. The molecule has 1 atom stereocenters. The molecule has 1 unspecified atom stereocenters. The van der Waals surface area contributed by atoms with Crippen LogP contribution >= 0.6 is 0 Å². The largest absolute Gasteiger partial charge is 0.464 e. The molecule has 0 heterocycles. The van der Waals surface area contributed by atoms with Crippen LogP contribution in [0, 0.1) is 0 Å². The van der Waals surface area contributed by atoms with Crippen LogP contribution in [0.3, 0.4) is 0 Å². The molecule has 0 aromatic heterocycles. The summed E-state index contributed by atoms with van der Waals surface area (Å²) in [4.78, 5) is 33.1. The van der Waals surface area contributed by atoms with E-state index in [9.17, 15) is 19.5 Å². The maximum atomic E-state index is 11.4. The maximum absolute atomic E-state index is 11.4. The minimum absolute atomic E-state index is 0.0211. The fraction of sp³-hybridized carbons (Fsp3) is 0.750. The molecule has 0 aromatic carbocycles. The highest BCUT2D eigenvalue weighted by Gasteiger charge is 2.19. The van der Waals surface area contributed by atoms with Crippen LogP contribution in [0.4, 0.5) is 4.79 Å². The molecule has 0 aliphatic rings. The van der Waals surface area contributed by atoms with Crippen molar-refractivity contribution in [3.63, 3.8) is 0 Å². The number of nitrogens with one attached hydrogen (secondary N) is 2. The summed E-state index contributed by atoms with van der Waals surface area (Å²) in [5, 5.41) is 14.1. The lowest BCUT2D eigenvalue weighted by molar-refractivity contribution is -0.141. The van der Waals surface area contributed by atoms with Gasteiger partial charge in [-0.25, -0.2) is 4.79 Å². The highest BCUT2D eigenvalue weighted by Crippen LogP contribution is 2.06. The van der Waals surface area contributed by atoms with Gasteiger partial charge in [-0.15, -0.1) is 0 Å². The number of amides is 2. The molecular formula is C12H22N2O6. The SMILES string of the molecule is CC(=O)OCCNC(=O)C(O)CNC(=O)OC(C)(C)C. The highest BCUT2D eigenvalue weighted by molar-refractivity contribution is 5.81. The van der Waals surface area contributed by atoms with E-state index in [2.05, 4.69) is 15.4 Å². The molecule has 0 saturated heterocycles. The van der Waals surface area contributed by atoms with Gasteiger partial charge in [0.2, 0.25) is 0 Å². The predicted octanol–water partition coefficient (Wildman–Crippen LogP) is -0.449. The van der Waals surface area contributed by atoms with E-state index in [0.29, 0.717) is 0 Å². The van der Waals surface area contributed by atoms with Crippen molar-refractivity contribution < 1.29 is 29.0 Å². The van der Waals surface area contributed by atoms with Crippen LogP contribution in [0.2, 0.25) is 0 Å². The quantitative estimate of drug-likeness (QED) is 0.451. The third-order valence-electron chi connectivity index (χ3n) is 1.85. The number of hydrogen-bond donors (Lipinski definition) is 3. The zero-order valence-corrected chi connectivity index (χ0v) is 12.2. The number of rotatable bonds is 6. The van der Waals surface area contributed by atoms with Gasteiger partial charge in [-0.1, -0.05) is 0 Å². The Bertz CT molecular complexity index is 350. The van der Waals surface area contributed by atoms with Crippen molar-refractivity contribution >= 4 is 18.0 Å². The molecule has 0 saturated carbocycles. The first-order valence-corrected chi connectivity index (χ1v) is 6.18. The molecular weight excluding hydrogens is 268 g/mol. The lowest BCUT2D eigenvalue weighted by Crippen LogP contribution is -2.44. The zero-order chi connectivity index (χ0) is 15.8. The van der Waals surface area contributed by atoms with Crippen LogP contribution < -0.4 is 10.6 Å². The molecule has 2 amide bonds. The molecule has 0 aromatic rings. The summed E-state index contributed by atoms with van der Waals surface area (Å²) in [7, 11) is 0. The van der Waals surface area contributed by atoms with Crippen molar-refractivity contribution in [2.45, 2.75) is 39.4 Å². The van der Waals surface area contributed by atoms with E-state index < -0.39 is 29.7 Å². The van der Waals surface area contributed by atoms with E-state index in [0.717, 1.165) is 0 Å². The molecule has 0 rings (SSSR count). The molecule has 0 spiro atoms. The Balaban J connectivity index is 3.85. The van der Waals surface area contributed by atoms with Crippen molar-refractivity contribution in [1.82, 2.24) is 10.6 Å². The van der Waals surface area contributed by atoms with Gasteiger partial charge in [-0.2, -0.15) is 0 Å². The molecule has 8 heteroatoms. The molecule has 0 radical (unpaired) electrons. The van der Waals surface area contributed by atoms with Gasteiger partial charge in [-0.05, 0) is 20.8 Å². The average Bonchev–Trinajstić information content (AvgIpc) is 2.28. The number of carbonyl (C=O) groups is 3. The molecule has 3 N–H and O–H groups in total. The van der Waals surface area contributed by atoms with Gasteiger partial charge in [0, 0.05) is 6.92 Å². The molecule has 0 aliphatic heterocycles. The number of hydrogen-bond acceptors (Lipinski definition) is 6. The lowest BCUT2D eigenvalue weighted by atomic mass is 10.2. The minimum atomic E-state index is -1.40. The maximum Gasteiger partial charge on any atom is 0.407 e. The monoisotopic (exact) mass is 290 g/mol. The Labute approximate surface area is 117 Å². The van der Waals surface area contributed by atoms with Crippen molar-refractivity contribution in [2.75, 3.05) is 19.7 Å². The number of esters is 1. The van der Waals surface area contributed by atoms with Gasteiger partial charge < -0.3 is 25.2 Å². The van der Waals surface area contributed by atoms with E-state index in [1.165, 1.54) is 6.92 Å². The first-order valence-electron chi connectivity index (χ1n) is 6.18. The Morgan fingerprint density at radius 3 is 2.30 bits per heavy atom. The number of aliphatic hydroxyl groups is 1. The van der Waals surface area contributed by atoms with Crippen LogP contribution in [-0.4, -0.2) is 54.5 Å². The molecule has 20 heavy (non-hydrogen) atoms. The van der Waals surface area contributed by atoms with Crippen molar-refractivity contribution in [3.8, 4) is 0 Å². The van der Waals surface area contributed by atoms with E-state index >= 15 is 0 Å². The summed E-state index contributed by atoms with van der Waals surface area (Å²) >= 11 is 0. The van der Waals surface area contributed by atoms with Crippen LogP contribution in [-0.2, 0) is 19.1 Å². The third kappa shape index (κ3) is 10.1. The second-order valence-corrected chi connectivity index (χ2v) is 5.03. The average molecular weight is 290 g/mol. The second kappa shape index (κ2) is 8.36. The topological polar surface area (TPSA) is 114 Å². The summed E-state index contributed by atoms with van der Waals surface area (Å²) in [6.45, 7) is 6.19. The van der Waals surface area contributed by atoms with E-state index in [4.69, 9.17) is 4.74 Å². The smallest absolute Gasteiger partial charge is 0.407 e. The normalized spacial score (nSPS) is 12.2. The van der Waals surface area contributed by atoms with Gasteiger partial charge >= 0.3 is 12.1 Å². The fourth-order valence-corrected chi connectivity index (χ4v) is 1.07. The summed E-state index contributed by atoms with van der Waals surface area (Å²) in [6.07, 6.45) is -2.12.